The van der Waals surface area contributed by atoms with Crippen LogP contribution >= 0.6 is 15.9 Å². The lowest BCUT2D eigenvalue weighted by molar-refractivity contribution is -0.389. The first-order valence-corrected chi connectivity index (χ1v) is 15.9. The molecule has 4 fully saturated rings. The Morgan fingerprint density at radius 1 is 0.894 bits per heavy atom. The van der Waals surface area contributed by atoms with Crippen LogP contribution in [-0.4, -0.2) is 80.5 Å². The summed E-state index contributed by atoms with van der Waals surface area (Å²) < 4.78 is 11.3. The van der Waals surface area contributed by atoms with Crippen LogP contribution in [0.5, 0.6) is 0 Å². The summed E-state index contributed by atoms with van der Waals surface area (Å²) in [7, 11) is 0. The van der Waals surface area contributed by atoms with Crippen molar-refractivity contribution in [3.05, 3.63) is 61.4 Å². The Balaban J connectivity index is 0.000000177. The summed E-state index contributed by atoms with van der Waals surface area (Å²) in [6, 6.07) is 6.00. The number of pyridine rings is 2. The number of alkyl carbamates (subject to hydrolysis) is 2. The third kappa shape index (κ3) is 9.93. The lowest BCUT2D eigenvalue weighted by atomic mass is 10.2. The van der Waals surface area contributed by atoms with E-state index < -0.39 is 27.1 Å². The van der Waals surface area contributed by atoms with E-state index in [9.17, 15) is 29.8 Å². The number of fused-ring (bicyclic) bond motifs is 2. The first kappa shape index (κ1) is 35.7. The Morgan fingerprint density at radius 3 is 1.85 bits per heavy atom. The third-order valence-electron chi connectivity index (χ3n) is 7.89. The molecule has 2 saturated carbocycles. The quantitative estimate of drug-likeness (QED) is 0.284. The van der Waals surface area contributed by atoms with Gasteiger partial charge in [0.25, 0.3) is 0 Å². The number of ether oxygens (including phenoxy) is 2. The molecule has 17 heteroatoms. The third-order valence-corrected chi connectivity index (χ3v) is 8.36. The van der Waals surface area contributed by atoms with Crippen LogP contribution in [0.15, 0.2) is 41.1 Å². The van der Waals surface area contributed by atoms with Gasteiger partial charge in [0.15, 0.2) is 12.4 Å². The Bertz CT molecular complexity index is 1480. The van der Waals surface area contributed by atoms with Gasteiger partial charge in [0.2, 0.25) is 0 Å². The standard InChI is InChI=1S/C15H20N4O4.C10H18N2O2.C5H3BrN2O2/c1-14(2,3)23-13(20)17-15-6-10(15)8-18(9-15)11-4-5-12(16-7-11)19(21)22;1-9(2,3)14-8(13)12-10-4-7(10)5-11-6-10;6-4-1-2-5(7-3-4)8(9)10/h4-5,7,10H,6,8-9H2,1-3H3,(H,17,20);7,11H,4-6H2,1-3H3,(H,12,13);1-3H. The zero-order chi connectivity index (χ0) is 34.8. The number of anilines is 1. The molecular formula is C30H41BrN8O8. The van der Waals surface area contributed by atoms with Gasteiger partial charge >= 0.3 is 23.8 Å². The summed E-state index contributed by atoms with van der Waals surface area (Å²) in [6.45, 7) is 14.5. The summed E-state index contributed by atoms with van der Waals surface area (Å²) in [5.74, 6) is 0.697. The number of hydrogen-bond acceptors (Lipinski definition) is 12. The zero-order valence-corrected chi connectivity index (χ0v) is 28.8. The number of hydrogen-bond donors (Lipinski definition) is 3. The lowest BCUT2D eigenvalue weighted by Gasteiger charge is -2.25. The van der Waals surface area contributed by atoms with Gasteiger partial charge in [-0.1, -0.05) is 0 Å². The number of carbonyl (C=O) groups excluding carboxylic acids is 2. The molecule has 47 heavy (non-hydrogen) atoms. The summed E-state index contributed by atoms with van der Waals surface area (Å²) >= 11 is 3.11. The molecule has 2 saturated heterocycles. The number of piperidine rings is 2. The van der Waals surface area contributed by atoms with Gasteiger partial charge < -0.3 is 50.6 Å². The van der Waals surface area contributed by atoms with Crippen molar-refractivity contribution in [3.63, 3.8) is 0 Å². The number of rotatable bonds is 5. The molecule has 6 rings (SSSR count). The van der Waals surface area contributed by atoms with Crippen molar-refractivity contribution in [1.82, 2.24) is 25.9 Å². The summed E-state index contributed by atoms with van der Waals surface area (Å²) in [4.78, 5) is 52.5. The van der Waals surface area contributed by atoms with Crippen LogP contribution in [0.1, 0.15) is 54.4 Å². The van der Waals surface area contributed by atoms with E-state index in [1.165, 1.54) is 24.5 Å². The number of nitro groups is 2. The highest BCUT2D eigenvalue weighted by atomic mass is 79.9. The van der Waals surface area contributed by atoms with Crippen LogP contribution < -0.4 is 20.9 Å². The molecule has 256 valence electrons. The van der Waals surface area contributed by atoms with E-state index in [0.29, 0.717) is 18.4 Å². The lowest BCUT2D eigenvalue weighted by Crippen LogP contribution is -2.44. The molecule has 4 aliphatic rings. The van der Waals surface area contributed by atoms with Crippen LogP contribution in [0, 0.1) is 32.1 Å². The molecule has 16 nitrogen and oxygen atoms in total. The van der Waals surface area contributed by atoms with Gasteiger partial charge in [-0.3, -0.25) is 0 Å². The minimum absolute atomic E-state index is 0.0162. The van der Waals surface area contributed by atoms with Gasteiger partial charge in [0.1, 0.15) is 11.2 Å². The molecule has 4 unspecified atom stereocenters. The average molecular weight is 722 g/mol. The topological polar surface area (TPSA) is 204 Å². The fourth-order valence-electron chi connectivity index (χ4n) is 5.57. The fourth-order valence-corrected chi connectivity index (χ4v) is 5.80. The predicted molar refractivity (Wildman–Crippen MR) is 175 cm³/mol. The second-order valence-electron chi connectivity index (χ2n) is 14.1. The highest BCUT2D eigenvalue weighted by Crippen LogP contribution is 2.50. The first-order valence-electron chi connectivity index (χ1n) is 15.1. The van der Waals surface area contributed by atoms with Crippen molar-refractivity contribution in [2.24, 2.45) is 11.8 Å². The predicted octanol–water partition coefficient (Wildman–Crippen LogP) is 4.72. The Morgan fingerprint density at radius 2 is 1.43 bits per heavy atom. The molecule has 3 N–H and O–H groups in total. The highest BCUT2D eigenvalue weighted by Gasteiger charge is 2.61. The summed E-state index contributed by atoms with van der Waals surface area (Å²) in [5, 5.41) is 29.9. The number of aromatic nitrogens is 2. The summed E-state index contributed by atoms with van der Waals surface area (Å²) in [5.41, 5.74) is -0.330. The van der Waals surface area contributed by atoms with E-state index in [1.807, 2.05) is 41.5 Å². The minimum Gasteiger partial charge on any atom is -0.444 e. The van der Waals surface area contributed by atoms with Gasteiger partial charge in [0, 0.05) is 44.2 Å². The molecule has 0 bridgehead atoms. The fraction of sp³-hybridized carbons (Fsp3) is 0.600. The number of nitrogens with zero attached hydrogens (tertiary/aromatic N) is 5. The van der Waals surface area contributed by atoms with E-state index in [2.05, 4.69) is 46.7 Å². The highest BCUT2D eigenvalue weighted by molar-refractivity contribution is 9.10. The maximum Gasteiger partial charge on any atom is 0.408 e. The number of halogens is 1. The van der Waals surface area contributed by atoms with Gasteiger partial charge in [-0.05, 0) is 108 Å². The number of amides is 2. The zero-order valence-electron chi connectivity index (χ0n) is 27.2. The Kier molecular flexibility index (Phi) is 10.3. The maximum absolute atomic E-state index is 12.0. The molecule has 0 aromatic carbocycles. The van der Waals surface area contributed by atoms with E-state index in [-0.39, 0.29) is 28.8 Å². The second-order valence-corrected chi connectivity index (χ2v) is 15.0. The van der Waals surface area contributed by atoms with Crippen molar-refractivity contribution in [1.29, 1.82) is 0 Å². The van der Waals surface area contributed by atoms with Crippen LogP contribution in [0.3, 0.4) is 0 Å². The van der Waals surface area contributed by atoms with Crippen molar-refractivity contribution in [3.8, 4) is 0 Å². The van der Waals surface area contributed by atoms with Crippen LogP contribution in [0.2, 0.25) is 0 Å². The van der Waals surface area contributed by atoms with E-state index in [0.717, 1.165) is 42.6 Å². The maximum atomic E-state index is 12.0. The molecule has 2 aliphatic heterocycles. The van der Waals surface area contributed by atoms with Crippen molar-refractivity contribution in [2.45, 2.75) is 76.7 Å². The SMILES string of the molecule is CC(C)(C)OC(=O)NC12CC1CN(c1ccc([N+](=O)[O-])nc1)C2.CC(C)(C)OC(=O)NC12CNCC1C2.O=[N+]([O-])c1ccc(Br)cn1. The Hall–Kier alpha value is -4.12. The largest absolute Gasteiger partial charge is 0.444 e. The summed E-state index contributed by atoms with van der Waals surface area (Å²) in [6.07, 6.45) is 4.23. The van der Waals surface area contributed by atoms with E-state index in [1.54, 1.807) is 12.1 Å². The minimum atomic E-state index is -0.535. The van der Waals surface area contributed by atoms with E-state index >= 15 is 0 Å². The van der Waals surface area contributed by atoms with Crippen LogP contribution in [0.4, 0.5) is 26.9 Å². The molecule has 0 radical (unpaired) electrons. The van der Waals surface area contributed by atoms with Crippen molar-refractivity contribution >= 4 is 45.4 Å². The number of nitrogens with one attached hydrogen (secondary N) is 3. The molecule has 2 aromatic heterocycles. The number of carbonyl (C=O) groups is 2. The van der Waals surface area contributed by atoms with Gasteiger partial charge in [-0.25, -0.2) is 9.59 Å². The van der Waals surface area contributed by atoms with Crippen molar-refractivity contribution in [2.75, 3.05) is 31.1 Å². The molecule has 4 atom stereocenters. The average Bonchev–Trinajstić information content (AvgIpc) is 3.70. The van der Waals surface area contributed by atoms with Crippen LogP contribution in [0.25, 0.3) is 0 Å². The second kappa shape index (κ2) is 13.5. The smallest absolute Gasteiger partial charge is 0.408 e. The first-order chi connectivity index (χ1) is 21.8. The molecule has 4 heterocycles. The molecule has 0 spiro atoms. The molecule has 2 aliphatic carbocycles. The van der Waals surface area contributed by atoms with Gasteiger partial charge in [-0.2, -0.15) is 0 Å². The Labute approximate surface area is 280 Å². The van der Waals surface area contributed by atoms with Crippen molar-refractivity contribution < 1.29 is 28.9 Å². The molecular weight excluding hydrogens is 680 g/mol. The normalized spacial score (nSPS) is 25.0. The molecule has 2 amide bonds. The van der Waals surface area contributed by atoms with Gasteiger partial charge in [0.05, 0.1) is 21.2 Å². The van der Waals surface area contributed by atoms with Gasteiger partial charge in [-0.15, -0.1) is 0 Å². The van der Waals surface area contributed by atoms with E-state index in [4.69, 9.17) is 9.47 Å². The van der Waals surface area contributed by atoms with Crippen LogP contribution in [-0.2, 0) is 9.47 Å². The molecule has 2 aromatic rings. The monoisotopic (exact) mass is 720 g/mol.